The Morgan fingerprint density at radius 3 is 2.70 bits per heavy atom. The quantitative estimate of drug-likeness (QED) is 0.901. The van der Waals surface area contributed by atoms with Gasteiger partial charge in [-0.05, 0) is 44.3 Å². The molecule has 0 aromatic heterocycles. The second-order valence-electron chi connectivity index (χ2n) is 5.77. The summed E-state index contributed by atoms with van der Waals surface area (Å²) in [6.45, 7) is 3.21. The van der Waals surface area contributed by atoms with Gasteiger partial charge in [-0.25, -0.2) is 4.79 Å². The van der Waals surface area contributed by atoms with Gasteiger partial charge in [0, 0.05) is 12.1 Å². The van der Waals surface area contributed by atoms with Gasteiger partial charge in [-0.2, -0.15) is 0 Å². The minimum atomic E-state index is -0.145. The highest BCUT2D eigenvalue weighted by atomic mass is 16.6. The Morgan fingerprint density at radius 2 is 1.95 bits per heavy atom. The zero-order chi connectivity index (χ0) is 13.8. The normalized spacial score (nSPS) is 21.1. The molecule has 2 aliphatic heterocycles. The van der Waals surface area contributed by atoms with Crippen LogP contribution in [0.5, 0.6) is 0 Å². The van der Waals surface area contributed by atoms with E-state index in [0.29, 0.717) is 6.61 Å². The van der Waals surface area contributed by atoms with Crippen molar-refractivity contribution in [3.05, 3.63) is 35.9 Å². The summed E-state index contributed by atoms with van der Waals surface area (Å²) in [5.41, 5.74) is 1.10. The van der Waals surface area contributed by atoms with E-state index in [0.717, 1.165) is 50.9 Å². The lowest BCUT2D eigenvalue weighted by atomic mass is 9.86. The summed E-state index contributed by atoms with van der Waals surface area (Å²) in [4.78, 5) is 14.4. The molecule has 0 atom stereocenters. The third-order valence-electron chi connectivity index (χ3n) is 4.56. The largest absolute Gasteiger partial charge is 0.445 e. The summed E-state index contributed by atoms with van der Waals surface area (Å²) >= 11 is 0. The molecule has 1 aromatic rings. The first-order valence-electron chi connectivity index (χ1n) is 7.49. The average molecular weight is 274 g/mol. The van der Waals surface area contributed by atoms with Crippen LogP contribution < -0.4 is 5.32 Å². The molecule has 2 saturated heterocycles. The van der Waals surface area contributed by atoms with Gasteiger partial charge < -0.3 is 15.0 Å². The molecule has 4 nitrogen and oxygen atoms in total. The maximum absolute atomic E-state index is 12.4. The van der Waals surface area contributed by atoms with Crippen molar-refractivity contribution in [2.45, 2.75) is 37.8 Å². The lowest BCUT2D eigenvalue weighted by molar-refractivity contribution is 0.0523. The Morgan fingerprint density at radius 1 is 1.20 bits per heavy atom. The van der Waals surface area contributed by atoms with Crippen LogP contribution in [0.25, 0.3) is 0 Å². The maximum Gasteiger partial charge on any atom is 0.410 e. The monoisotopic (exact) mass is 274 g/mol. The van der Waals surface area contributed by atoms with Gasteiger partial charge in [-0.15, -0.1) is 0 Å². The Kier molecular flexibility index (Phi) is 3.92. The Bertz CT molecular complexity index is 455. The maximum atomic E-state index is 12.4. The van der Waals surface area contributed by atoms with E-state index in [2.05, 4.69) is 5.32 Å². The number of likely N-dealkylation sites (tertiary alicyclic amines) is 1. The Labute approximate surface area is 120 Å². The number of carbonyl (C=O) groups excluding carboxylic acids is 1. The minimum Gasteiger partial charge on any atom is -0.445 e. The molecule has 0 saturated carbocycles. The fraction of sp³-hybridized carbons (Fsp3) is 0.562. The number of amides is 1. The summed E-state index contributed by atoms with van der Waals surface area (Å²) < 4.78 is 5.51. The number of hydrogen-bond donors (Lipinski definition) is 1. The molecule has 2 fully saturated rings. The minimum absolute atomic E-state index is 0.0546. The van der Waals surface area contributed by atoms with Gasteiger partial charge in [0.2, 0.25) is 0 Å². The van der Waals surface area contributed by atoms with E-state index < -0.39 is 0 Å². The Balaban J connectivity index is 1.61. The molecule has 1 amide bonds. The van der Waals surface area contributed by atoms with Crippen molar-refractivity contribution >= 4 is 6.09 Å². The predicted molar refractivity (Wildman–Crippen MR) is 77.4 cm³/mol. The molecule has 0 unspecified atom stereocenters. The highest BCUT2D eigenvalue weighted by Gasteiger charge is 2.44. The van der Waals surface area contributed by atoms with Gasteiger partial charge in [-0.3, -0.25) is 0 Å². The molecule has 4 heteroatoms. The molecule has 0 radical (unpaired) electrons. The van der Waals surface area contributed by atoms with Crippen LogP contribution in [0.4, 0.5) is 4.79 Å². The van der Waals surface area contributed by atoms with Crippen molar-refractivity contribution in [2.75, 3.05) is 19.6 Å². The molecular weight excluding hydrogens is 252 g/mol. The van der Waals surface area contributed by atoms with E-state index in [9.17, 15) is 4.79 Å². The second-order valence-corrected chi connectivity index (χ2v) is 5.77. The zero-order valence-electron chi connectivity index (χ0n) is 11.8. The number of nitrogens with one attached hydrogen (secondary N) is 1. The van der Waals surface area contributed by atoms with E-state index >= 15 is 0 Å². The number of benzene rings is 1. The second kappa shape index (κ2) is 5.83. The van der Waals surface area contributed by atoms with Crippen LogP contribution in [0.3, 0.4) is 0 Å². The van der Waals surface area contributed by atoms with E-state index in [1.165, 1.54) is 0 Å². The molecule has 20 heavy (non-hydrogen) atoms. The van der Waals surface area contributed by atoms with Crippen LogP contribution in [-0.4, -0.2) is 36.2 Å². The molecule has 1 aromatic carbocycles. The fourth-order valence-corrected chi connectivity index (χ4v) is 3.43. The number of hydrogen-bond acceptors (Lipinski definition) is 3. The molecule has 2 aliphatic rings. The molecule has 108 valence electrons. The van der Waals surface area contributed by atoms with Crippen molar-refractivity contribution in [3.8, 4) is 0 Å². The summed E-state index contributed by atoms with van der Waals surface area (Å²) in [6, 6.07) is 9.87. The van der Waals surface area contributed by atoms with Crippen LogP contribution in [-0.2, 0) is 11.3 Å². The number of carbonyl (C=O) groups is 1. The Hall–Kier alpha value is -1.55. The first-order chi connectivity index (χ1) is 9.80. The van der Waals surface area contributed by atoms with E-state index in [4.69, 9.17) is 4.74 Å². The van der Waals surface area contributed by atoms with E-state index in [1.807, 2.05) is 35.2 Å². The number of ether oxygens (including phenoxy) is 1. The van der Waals surface area contributed by atoms with Crippen molar-refractivity contribution in [1.29, 1.82) is 0 Å². The van der Waals surface area contributed by atoms with Gasteiger partial charge in [0.05, 0.1) is 0 Å². The van der Waals surface area contributed by atoms with Crippen LogP contribution in [0, 0.1) is 0 Å². The smallest absolute Gasteiger partial charge is 0.410 e. The third-order valence-corrected chi connectivity index (χ3v) is 4.56. The molecule has 0 aliphatic carbocycles. The molecule has 0 bridgehead atoms. The number of rotatable bonds is 2. The van der Waals surface area contributed by atoms with Gasteiger partial charge in [0.1, 0.15) is 6.61 Å². The first-order valence-corrected chi connectivity index (χ1v) is 7.49. The lowest BCUT2D eigenvalue weighted by Gasteiger charge is -2.41. The average Bonchev–Trinajstić information content (AvgIpc) is 2.90. The number of piperidine rings is 1. The zero-order valence-corrected chi connectivity index (χ0v) is 11.8. The molecule has 1 spiro atoms. The van der Waals surface area contributed by atoms with E-state index in [-0.39, 0.29) is 11.6 Å². The standard InChI is InChI=1S/C16H22N2O2/c19-15(20-13-14-5-2-1-3-6-14)18-12-4-7-16(18)8-10-17-11-9-16/h1-3,5-6,17H,4,7-13H2. The molecular formula is C16H22N2O2. The van der Waals surface area contributed by atoms with Crippen LogP contribution in [0.2, 0.25) is 0 Å². The summed E-state index contributed by atoms with van der Waals surface area (Å²) in [6.07, 6.45) is 4.17. The SMILES string of the molecule is O=C(OCc1ccccc1)N1CCCC12CCNCC2. The summed E-state index contributed by atoms with van der Waals surface area (Å²) in [5, 5.41) is 3.37. The first kappa shape index (κ1) is 13.4. The van der Waals surface area contributed by atoms with Gasteiger partial charge in [0.15, 0.2) is 0 Å². The van der Waals surface area contributed by atoms with Gasteiger partial charge >= 0.3 is 6.09 Å². The lowest BCUT2D eigenvalue weighted by Crippen LogP contribution is -2.53. The highest BCUT2D eigenvalue weighted by molar-refractivity contribution is 5.69. The topological polar surface area (TPSA) is 41.6 Å². The van der Waals surface area contributed by atoms with Crippen LogP contribution >= 0.6 is 0 Å². The summed E-state index contributed by atoms with van der Waals surface area (Å²) in [7, 11) is 0. The number of nitrogens with zero attached hydrogens (tertiary/aromatic N) is 1. The molecule has 3 rings (SSSR count). The molecule has 1 N–H and O–H groups in total. The van der Waals surface area contributed by atoms with Crippen molar-refractivity contribution in [3.63, 3.8) is 0 Å². The predicted octanol–water partition coefficient (Wildman–Crippen LogP) is 2.54. The molecule has 2 heterocycles. The van der Waals surface area contributed by atoms with Crippen LogP contribution in [0.1, 0.15) is 31.2 Å². The third kappa shape index (κ3) is 2.66. The van der Waals surface area contributed by atoms with Gasteiger partial charge in [-0.1, -0.05) is 30.3 Å². The summed E-state index contributed by atoms with van der Waals surface area (Å²) in [5.74, 6) is 0. The van der Waals surface area contributed by atoms with Crippen molar-refractivity contribution < 1.29 is 9.53 Å². The van der Waals surface area contributed by atoms with E-state index in [1.54, 1.807) is 0 Å². The van der Waals surface area contributed by atoms with Crippen molar-refractivity contribution in [1.82, 2.24) is 10.2 Å². The highest BCUT2D eigenvalue weighted by Crippen LogP contribution is 2.37. The van der Waals surface area contributed by atoms with Gasteiger partial charge in [0.25, 0.3) is 0 Å². The van der Waals surface area contributed by atoms with Crippen LogP contribution in [0.15, 0.2) is 30.3 Å². The fourth-order valence-electron chi connectivity index (χ4n) is 3.43. The van der Waals surface area contributed by atoms with Crippen molar-refractivity contribution in [2.24, 2.45) is 0 Å².